The molecule has 33 heavy (non-hydrogen) atoms. The number of ether oxygens (including phenoxy) is 1. The van der Waals surface area contributed by atoms with Crippen LogP contribution in [-0.2, 0) is 9.63 Å². The molecule has 1 aromatic heterocycles. The molecule has 184 valence electrons. The van der Waals surface area contributed by atoms with Gasteiger partial charge in [0.05, 0.1) is 12.7 Å². The van der Waals surface area contributed by atoms with Crippen LogP contribution in [0.5, 0.6) is 5.88 Å². The monoisotopic (exact) mass is 460 g/mol. The lowest BCUT2D eigenvalue weighted by molar-refractivity contribution is -0.182. The van der Waals surface area contributed by atoms with Crippen molar-refractivity contribution in [2.45, 2.75) is 64.5 Å². The van der Waals surface area contributed by atoms with Crippen LogP contribution in [0.4, 0.5) is 5.82 Å². The molecule has 0 aliphatic carbocycles. The van der Waals surface area contributed by atoms with Crippen LogP contribution >= 0.6 is 0 Å². The number of aromatic nitrogens is 1. The summed E-state index contributed by atoms with van der Waals surface area (Å²) < 4.78 is 5.90. The smallest absolute Gasteiger partial charge is 0.270 e. The average Bonchev–Trinajstić information content (AvgIpc) is 2.86. The second-order valence-electron chi connectivity index (χ2n) is 8.79. The molecule has 3 heterocycles. The molecule has 0 bridgehead atoms. The van der Waals surface area contributed by atoms with Crippen molar-refractivity contribution in [1.29, 1.82) is 5.41 Å². The third kappa shape index (κ3) is 7.38. The number of nitrogens with one attached hydrogen (secondary N) is 3. The van der Waals surface area contributed by atoms with Crippen molar-refractivity contribution < 1.29 is 14.4 Å². The maximum absolute atomic E-state index is 12.8. The van der Waals surface area contributed by atoms with Gasteiger partial charge in [-0.3, -0.25) is 15.0 Å². The minimum absolute atomic E-state index is 0.0781. The zero-order valence-corrected chi connectivity index (χ0v) is 20.4. The van der Waals surface area contributed by atoms with Crippen LogP contribution in [0.25, 0.3) is 0 Å². The van der Waals surface area contributed by atoms with Crippen molar-refractivity contribution in [2.75, 3.05) is 51.7 Å². The number of amides is 1. The van der Waals surface area contributed by atoms with Crippen LogP contribution in [0.3, 0.4) is 0 Å². The van der Waals surface area contributed by atoms with E-state index in [2.05, 4.69) is 39.4 Å². The number of likely N-dealkylation sites (tertiary alicyclic amines) is 1. The molecule has 0 radical (unpaired) electrons. The van der Waals surface area contributed by atoms with Gasteiger partial charge in [0, 0.05) is 57.4 Å². The molecule has 2 fully saturated rings. The summed E-state index contributed by atoms with van der Waals surface area (Å²) in [4.78, 5) is 25.4. The van der Waals surface area contributed by atoms with Gasteiger partial charge in [-0.2, -0.15) is 10.0 Å². The molecule has 3 rings (SSSR count). The van der Waals surface area contributed by atoms with Crippen molar-refractivity contribution in [3.8, 4) is 5.88 Å². The number of nitrogens with zero attached hydrogens (tertiary/aromatic N) is 3. The third-order valence-corrected chi connectivity index (χ3v) is 6.47. The molecule has 0 aromatic carbocycles. The van der Waals surface area contributed by atoms with E-state index >= 15 is 0 Å². The van der Waals surface area contributed by atoms with Crippen molar-refractivity contribution >= 4 is 17.4 Å². The van der Waals surface area contributed by atoms with E-state index in [1.54, 1.807) is 19.2 Å². The van der Waals surface area contributed by atoms with Crippen molar-refractivity contribution in [3.63, 3.8) is 0 Å². The zero-order chi connectivity index (χ0) is 23.6. The van der Waals surface area contributed by atoms with Gasteiger partial charge in [-0.05, 0) is 44.6 Å². The molecule has 9 heteroatoms. The van der Waals surface area contributed by atoms with E-state index in [4.69, 9.17) is 15.0 Å². The van der Waals surface area contributed by atoms with E-state index in [9.17, 15) is 4.79 Å². The van der Waals surface area contributed by atoms with Gasteiger partial charge in [-0.15, -0.1) is 0 Å². The Labute approximate surface area is 197 Å². The number of pyridine rings is 1. The van der Waals surface area contributed by atoms with Crippen molar-refractivity contribution in [2.24, 2.45) is 0 Å². The number of carbonyl (C=O) groups is 1. The predicted octanol–water partition coefficient (Wildman–Crippen LogP) is 2.67. The van der Waals surface area contributed by atoms with Crippen molar-refractivity contribution in [3.05, 3.63) is 17.7 Å². The number of hydrogen-bond donors (Lipinski definition) is 3. The second kappa shape index (κ2) is 12.9. The topological polar surface area (TPSA) is 103 Å². The summed E-state index contributed by atoms with van der Waals surface area (Å²) >= 11 is 0. The fourth-order valence-electron chi connectivity index (χ4n) is 4.28. The first-order valence-corrected chi connectivity index (χ1v) is 12.4. The molecule has 0 unspecified atom stereocenters. The number of rotatable bonds is 11. The van der Waals surface area contributed by atoms with Crippen LogP contribution < -0.4 is 15.4 Å². The standard InChI is InChI=1S/C24H40N6O3/c1-4-19(5-2)33-21-9-8-20(23(26-3)28-21)22(25)24(31)27-18-10-13-29(14-11-18)15-16-30-12-6-7-17-32-30/h8-9,18-19,25H,4-7,10-17H2,1-3H3,(H,26,28)(H,27,31). The Morgan fingerprint density at radius 2 is 1.97 bits per heavy atom. The van der Waals surface area contributed by atoms with E-state index in [1.807, 2.05) is 0 Å². The first-order chi connectivity index (χ1) is 16.0. The lowest BCUT2D eigenvalue weighted by Gasteiger charge is -2.34. The van der Waals surface area contributed by atoms with E-state index in [-0.39, 0.29) is 23.8 Å². The Morgan fingerprint density at radius 1 is 1.21 bits per heavy atom. The van der Waals surface area contributed by atoms with Gasteiger partial charge in [0.15, 0.2) is 0 Å². The largest absolute Gasteiger partial charge is 0.474 e. The number of hydroxylamine groups is 2. The van der Waals surface area contributed by atoms with Gasteiger partial charge in [0.1, 0.15) is 11.5 Å². The molecule has 9 nitrogen and oxygen atoms in total. The van der Waals surface area contributed by atoms with Gasteiger partial charge in [0.2, 0.25) is 5.88 Å². The highest BCUT2D eigenvalue weighted by molar-refractivity contribution is 6.45. The third-order valence-electron chi connectivity index (χ3n) is 6.47. The molecule has 3 N–H and O–H groups in total. The quantitative estimate of drug-likeness (QED) is 0.436. The molecule has 1 aromatic rings. The van der Waals surface area contributed by atoms with E-state index in [0.717, 1.165) is 71.4 Å². The van der Waals surface area contributed by atoms with Crippen LogP contribution in [0.1, 0.15) is 57.9 Å². The summed E-state index contributed by atoms with van der Waals surface area (Å²) in [6.07, 6.45) is 6.04. The second-order valence-corrected chi connectivity index (χ2v) is 8.79. The summed E-state index contributed by atoms with van der Waals surface area (Å²) in [5.74, 6) is 0.628. The highest BCUT2D eigenvalue weighted by atomic mass is 16.7. The molecule has 0 saturated carbocycles. The summed E-state index contributed by atoms with van der Waals surface area (Å²) in [6, 6.07) is 3.56. The zero-order valence-electron chi connectivity index (χ0n) is 20.4. The molecule has 2 aliphatic rings. The van der Waals surface area contributed by atoms with Gasteiger partial charge in [-0.25, -0.2) is 0 Å². The van der Waals surface area contributed by atoms with Crippen LogP contribution in [0.2, 0.25) is 0 Å². The highest BCUT2D eigenvalue weighted by Crippen LogP contribution is 2.21. The number of anilines is 1. The number of piperidine rings is 1. The molecule has 2 aliphatic heterocycles. The molecular formula is C24H40N6O3. The minimum Gasteiger partial charge on any atom is -0.474 e. The maximum atomic E-state index is 12.8. The predicted molar refractivity (Wildman–Crippen MR) is 130 cm³/mol. The first-order valence-electron chi connectivity index (χ1n) is 12.4. The highest BCUT2D eigenvalue weighted by Gasteiger charge is 2.24. The fraction of sp³-hybridized carbons (Fsp3) is 0.708. The van der Waals surface area contributed by atoms with E-state index < -0.39 is 0 Å². The molecule has 2 saturated heterocycles. The lowest BCUT2D eigenvalue weighted by Crippen LogP contribution is -2.48. The Balaban J connectivity index is 1.47. The van der Waals surface area contributed by atoms with Crippen molar-refractivity contribution in [1.82, 2.24) is 20.3 Å². The fourth-order valence-corrected chi connectivity index (χ4v) is 4.28. The molecule has 1 amide bonds. The summed E-state index contributed by atoms with van der Waals surface area (Å²) in [6.45, 7) is 9.80. The SMILES string of the molecule is CCC(CC)Oc1ccc(C(=N)C(=O)NC2CCN(CCN3CCCCO3)CC2)c(NC)n1. The average molecular weight is 461 g/mol. The Bertz CT molecular complexity index is 771. The first kappa shape index (κ1) is 25.4. The molecule has 0 spiro atoms. The van der Waals surface area contributed by atoms with Gasteiger partial charge < -0.3 is 20.3 Å². The normalized spacial score (nSPS) is 18.3. The van der Waals surface area contributed by atoms with Crippen LogP contribution in [0, 0.1) is 5.41 Å². The van der Waals surface area contributed by atoms with Gasteiger partial charge in [0.25, 0.3) is 5.91 Å². The minimum atomic E-state index is -0.359. The van der Waals surface area contributed by atoms with Crippen LogP contribution in [-0.4, -0.2) is 85.1 Å². The molecule has 0 atom stereocenters. The van der Waals surface area contributed by atoms with Gasteiger partial charge in [-0.1, -0.05) is 13.8 Å². The van der Waals surface area contributed by atoms with E-state index in [1.165, 1.54) is 6.42 Å². The summed E-state index contributed by atoms with van der Waals surface area (Å²) in [5.41, 5.74) is 0.400. The van der Waals surface area contributed by atoms with Gasteiger partial charge >= 0.3 is 0 Å². The number of hydrogen-bond acceptors (Lipinski definition) is 8. The summed E-state index contributed by atoms with van der Waals surface area (Å²) in [7, 11) is 1.74. The number of carbonyl (C=O) groups excluding carboxylic acids is 1. The Hall–Kier alpha value is -2.23. The Kier molecular flexibility index (Phi) is 9.90. The maximum Gasteiger partial charge on any atom is 0.270 e. The lowest BCUT2D eigenvalue weighted by atomic mass is 10.0. The van der Waals surface area contributed by atoms with Crippen LogP contribution in [0.15, 0.2) is 12.1 Å². The van der Waals surface area contributed by atoms with E-state index in [0.29, 0.717) is 17.3 Å². The molecular weight excluding hydrogens is 420 g/mol. The Morgan fingerprint density at radius 3 is 2.61 bits per heavy atom. The summed E-state index contributed by atoms with van der Waals surface area (Å²) in [5, 5.41) is 16.6.